The third-order valence-electron chi connectivity index (χ3n) is 10.4. The molecule has 5 heteroatoms. The minimum Gasteiger partial charge on any atom is -0.381 e. The summed E-state index contributed by atoms with van der Waals surface area (Å²) in [6.07, 6.45) is 4.44. The lowest BCUT2D eigenvalue weighted by molar-refractivity contribution is -0.269. The number of fused-ring (bicyclic) bond motifs is 4. The van der Waals surface area contributed by atoms with Crippen molar-refractivity contribution in [1.82, 2.24) is 4.90 Å². The van der Waals surface area contributed by atoms with Crippen molar-refractivity contribution in [3.05, 3.63) is 12.2 Å². The Hall–Kier alpha value is -1.04. The predicted molar refractivity (Wildman–Crippen MR) is 95.5 cm³/mol. The maximum absolute atomic E-state index is 13.7. The van der Waals surface area contributed by atoms with Crippen molar-refractivity contribution in [2.24, 2.45) is 34.0 Å². The van der Waals surface area contributed by atoms with Crippen LogP contribution in [0.1, 0.15) is 45.4 Å². The van der Waals surface area contributed by atoms with E-state index < -0.39 is 16.4 Å². The van der Waals surface area contributed by atoms with E-state index >= 15 is 0 Å². The van der Waals surface area contributed by atoms with Crippen molar-refractivity contribution in [3.8, 4) is 0 Å². The number of hydrogen-bond acceptors (Lipinski definition) is 5. The highest BCUT2D eigenvalue weighted by Gasteiger charge is 2.91. The average Bonchev–Trinajstić information content (AvgIpc) is 3.10. The number of piperidine rings is 1. The van der Waals surface area contributed by atoms with E-state index in [9.17, 15) is 14.7 Å². The third kappa shape index (κ3) is 1.19. The van der Waals surface area contributed by atoms with Crippen LogP contribution in [0, 0.1) is 34.0 Å². The normalized spacial score (nSPS) is 62.9. The van der Waals surface area contributed by atoms with Gasteiger partial charge in [0.25, 0.3) is 0 Å². The molecule has 6 saturated carbocycles. The molecule has 2 aliphatic heterocycles. The summed E-state index contributed by atoms with van der Waals surface area (Å²) < 4.78 is 6.25. The van der Waals surface area contributed by atoms with Crippen LogP contribution in [0.15, 0.2) is 12.2 Å². The third-order valence-corrected chi connectivity index (χ3v) is 10.4. The average molecular weight is 369 g/mol. The van der Waals surface area contributed by atoms with Gasteiger partial charge in [0.15, 0.2) is 5.78 Å². The molecule has 2 saturated heterocycles. The first kappa shape index (κ1) is 15.8. The molecule has 9 unspecified atom stereocenters. The van der Waals surface area contributed by atoms with Crippen molar-refractivity contribution >= 4 is 11.6 Å². The summed E-state index contributed by atoms with van der Waals surface area (Å²) in [6, 6.07) is 0.0990. The summed E-state index contributed by atoms with van der Waals surface area (Å²) in [7, 11) is 0. The highest BCUT2D eigenvalue weighted by Crippen LogP contribution is 2.83. The molecule has 2 spiro atoms. The van der Waals surface area contributed by atoms with Crippen LogP contribution < -0.4 is 0 Å². The fourth-order valence-electron chi connectivity index (χ4n) is 10.1. The molecule has 144 valence electrons. The van der Waals surface area contributed by atoms with Crippen LogP contribution in [0.2, 0.25) is 0 Å². The van der Waals surface area contributed by atoms with Crippen LogP contribution in [0.25, 0.3) is 0 Å². The topological polar surface area (TPSA) is 66.8 Å². The molecule has 8 rings (SSSR count). The van der Waals surface area contributed by atoms with Crippen LogP contribution in [-0.4, -0.2) is 52.6 Å². The van der Waals surface area contributed by atoms with Gasteiger partial charge in [0.05, 0.1) is 6.61 Å². The number of carbonyl (C=O) groups is 2. The fourth-order valence-corrected chi connectivity index (χ4v) is 10.1. The van der Waals surface area contributed by atoms with Gasteiger partial charge < -0.3 is 9.84 Å². The zero-order chi connectivity index (χ0) is 18.6. The van der Waals surface area contributed by atoms with E-state index in [4.69, 9.17) is 4.74 Å². The lowest BCUT2D eigenvalue weighted by Gasteiger charge is -2.69. The quantitative estimate of drug-likeness (QED) is 0.658. The molecule has 8 aliphatic rings. The molecule has 8 fully saturated rings. The Bertz CT molecular complexity index is 853. The zero-order valence-electron chi connectivity index (χ0n) is 15.9. The highest BCUT2D eigenvalue weighted by molar-refractivity contribution is 6.01. The standard InChI is InChI=1S/C22H27NO4/c1-11-9-20-10-14(24)15-19(2)4-3-5-21(15)16(23-6-7-27-18(19)23)13(20)8-12(11)17(25)22(20,21)26/h12-13,15-16,18,26H,1,3-10H2,2H3. The Morgan fingerprint density at radius 1 is 1.26 bits per heavy atom. The van der Waals surface area contributed by atoms with Crippen molar-refractivity contribution < 1.29 is 19.4 Å². The molecular formula is C22H27NO4. The van der Waals surface area contributed by atoms with Gasteiger partial charge in [0, 0.05) is 47.1 Å². The van der Waals surface area contributed by atoms with E-state index in [0.29, 0.717) is 19.4 Å². The number of carbonyl (C=O) groups excluding carboxylic acids is 2. The molecule has 0 radical (unpaired) electrons. The van der Waals surface area contributed by atoms with Crippen LogP contribution in [0.5, 0.6) is 0 Å². The number of aliphatic hydroxyl groups is 1. The second-order valence-corrected chi connectivity index (χ2v) is 10.8. The fraction of sp³-hybridized carbons (Fsp3) is 0.818. The molecular weight excluding hydrogens is 342 g/mol. The summed E-state index contributed by atoms with van der Waals surface area (Å²) in [6.45, 7) is 7.95. The molecule has 6 aliphatic carbocycles. The van der Waals surface area contributed by atoms with Crippen LogP contribution in [-0.2, 0) is 14.3 Å². The summed E-state index contributed by atoms with van der Waals surface area (Å²) >= 11 is 0. The monoisotopic (exact) mass is 369 g/mol. The molecule has 0 amide bonds. The van der Waals surface area contributed by atoms with Crippen molar-refractivity contribution in [2.45, 2.75) is 63.3 Å². The Balaban J connectivity index is 1.60. The first-order valence-electron chi connectivity index (χ1n) is 10.7. The minimum atomic E-state index is -1.35. The van der Waals surface area contributed by atoms with E-state index in [1.54, 1.807) is 0 Å². The van der Waals surface area contributed by atoms with Gasteiger partial charge in [-0.2, -0.15) is 0 Å². The largest absolute Gasteiger partial charge is 0.381 e. The molecule has 1 N–H and O–H groups in total. The van der Waals surface area contributed by atoms with Gasteiger partial charge in [-0.15, -0.1) is 0 Å². The van der Waals surface area contributed by atoms with Gasteiger partial charge in [-0.3, -0.25) is 14.5 Å². The van der Waals surface area contributed by atoms with E-state index in [0.717, 1.165) is 37.8 Å². The second-order valence-electron chi connectivity index (χ2n) is 10.8. The maximum atomic E-state index is 13.7. The summed E-state index contributed by atoms with van der Waals surface area (Å²) in [4.78, 5) is 29.9. The van der Waals surface area contributed by atoms with Gasteiger partial charge in [-0.25, -0.2) is 0 Å². The van der Waals surface area contributed by atoms with Gasteiger partial charge in [0.2, 0.25) is 0 Å². The number of ether oxygens (including phenoxy) is 1. The Kier molecular flexibility index (Phi) is 2.42. The second kappa shape index (κ2) is 4.12. The van der Waals surface area contributed by atoms with E-state index in [2.05, 4.69) is 18.4 Å². The van der Waals surface area contributed by atoms with E-state index in [1.165, 1.54) is 0 Å². The lowest BCUT2D eigenvalue weighted by atomic mass is 9.37. The molecule has 6 bridgehead atoms. The predicted octanol–water partition coefficient (Wildman–Crippen LogP) is 1.69. The molecule has 2 heterocycles. The Morgan fingerprint density at radius 2 is 2.07 bits per heavy atom. The van der Waals surface area contributed by atoms with E-state index in [-0.39, 0.29) is 47.0 Å². The van der Waals surface area contributed by atoms with Gasteiger partial charge >= 0.3 is 0 Å². The van der Waals surface area contributed by atoms with Crippen molar-refractivity contribution in [3.63, 3.8) is 0 Å². The van der Waals surface area contributed by atoms with Crippen molar-refractivity contribution in [1.29, 1.82) is 0 Å². The lowest BCUT2D eigenvalue weighted by Crippen LogP contribution is -2.79. The molecule has 27 heavy (non-hydrogen) atoms. The number of allylic oxidation sites excluding steroid dienone is 1. The van der Waals surface area contributed by atoms with Crippen LogP contribution in [0.4, 0.5) is 0 Å². The van der Waals surface area contributed by atoms with Gasteiger partial charge in [-0.1, -0.05) is 25.5 Å². The Morgan fingerprint density at radius 3 is 2.89 bits per heavy atom. The SMILES string of the molecule is C=C1CC23CC(=O)C4C5(C)CCCC46C(C2CC1C(=O)C36O)N1CCOC15. The maximum Gasteiger partial charge on any atom is 0.172 e. The summed E-state index contributed by atoms with van der Waals surface area (Å²) in [5, 5.41) is 12.4. The smallest absolute Gasteiger partial charge is 0.172 e. The molecule has 9 atom stereocenters. The van der Waals surface area contributed by atoms with Gasteiger partial charge in [0.1, 0.15) is 17.6 Å². The van der Waals surface area contributed by atoms with Gasteiger partial charge in [-0.05, 0) is 31.6 Å². The molecule has 0 aromatic rings. The van der Waals surface area contributed by atoms with Crippen LogP contribution in [0.3, 0.4) is 0 Å². The summed E-state index contributed by atoms with van der Waals surface area (Å²) in [5.74, 6) is 0.0194. The van der Waals surface area contributed by atoms with E-state index in [1.807, 2.05) is 0 Å². The molecule has 5 nitrogen and oxygen atoms in total. The van der Waals surface area contributed by atoms with Crippen LogP contribution >= 0.6 is 0 Å². The summed E-state index contributed by atoms with van der Waals surface area (Å²) in [5.41, 5.74) is -1.93. The number of Topliss-reactive ketones (excluding diaryl/α,β-unsaturated/α-hetero) is 2. The first-order valence-corrected chi connectivity index (χ1v) is 10.7. The van der Waals surface area contributed by atoms with Crippen molar-refractivity contribution in [2.75, 3.05) is 13.2 Å². The minimum absolute atomic E-state index is 0.00202. The highest BCUT2D eigenvalue weighted by atomic mass is 16.5. The number of nitrogens with zero attached hydrogens (tertiary/aromatic N) is 1. The number of rotatable bonds is 0. The molecule has 0 aromatic heterocycles. The Labute approximate surface area is 159 Å². The zero-order valence-corrected chi connectivity index (χ0v) is 15.9. The molecule has 0 aromatic carbocycles. The first-order chi connectivity index (χ1) is 12.8. The number of ketones is 2. The number of hydrogen-bond donors (Lipinski definition) is 1.